The number of fused-ring (bicyclic) bond motifs is 1. The number of unbranched alkanes of at least 4 members (excludes halogenated alkanes) is 10. The van der Waals surface area contributed by atoms with Crippen LogP contribution in [0.3, 0.4) is 0 Å². The molecule has 4 atom stereocenters. The number of carbonyl (C=O) groups excluding carboxylic acids is 1. The molecule has 1 saturated heterocycles. The third-order valence-corrected chi connectivity index (χ3v) is 11.8. The molecule has 2 heterocycles. The smallest absolute Gasteiger partial charge is 0.271 e. The summed E-state index contributed by atoms with van der Waals surface area (Å²) >= 11 is 0. The number of nitrogens with zero attached hydrogens (tertiary/aromatic N) is 3. The van der Waals surface area contributed by atoms with Crippen LogP contribution in [0.5, 0.6) is 0 Å². The summed E-state index contributed by atoms with van der Waals surface area (Å²) in [5.41, 5.74) is 7.80. The molecule has 1 aliphatic rings. The maximum absolute atomic E-state index is 13.1. The van der Waals surface area contributed by atoms with Crippen molar-refractivity contribution in [2.24, 2.45) is 5.92 Å². The summed E-state index contributed by atoms with van der Waals surface area (Å²) in [4.78, 5) is 24.6. The molecule has 6 rings (SSSR count). The number of aliphatic hydroxyl groups is 1. The quantitative estimate of drug-likeness (QED) is 0.0635. The fourth-order valence-corrected chi connectivity index (χ4v) is 8.17. The first-order chi connectivity index (χ1) is 28.9. The van der Waals surface area contributed by atoms with Crippen LogP contribution in [0.1, 0.15) is 143 Å². The van der Waals surface area contributed by atoms with Gasteiger partial charge in [0.25, 0.3) is 5.91 Å². The van der Waals surface area contributed by atoms with E-state index in [9.17, 15) is 9.90 Å². The van der Waals surface area contributed by atoms with Gasteiger partial charge in [-0.15, -0.1) is 0 Å². The SMILES string of the molecule is CCCCCCCCN(CCCCCCCC)C[C@@H]1O[C@H](c2cccc(-c3cccc(CNC(=O)c4cnc5ccccc5n4)c3)c2)O[C@H](c2ccc(CO)cc2)[C@@H]1C. The Bertz CT molecular complexity index is 2000. The Labute approximate surface area is 352 Å². The van der Waals surface area contributed by atoms with Crippen molar-refractivity contribution in [1.82, 2.24) is 20.2 Å². The van der Waals surface area contributed by atoms with Crippen LogP contribution < -0.4 is 5.32 Å². The number of hydrogen-bond acceptors (Lipinski definition) is 7. The topological polar surface area (TPSA) is 96.8 Å². The molecule has 0 radical (unpaired) electrons. The van der Waals surface area contributed by atoms with Gasteiger partial charge in [0.1, 0.15) is 5.69 Å². The van der Waals surface area contributed by atoms with Crippen LogP contribution in [-0.2, 0) is 22.6 Å². The minimum absolute atomic E-state index is 0.0149. The zero-order valence-corrected chi connectivity index (χ0v) is 35.7. The van der Waals surface area contributed by atoms with Crippen molar-refractivity contribution in [2.45, 2.75) is 129 Å². The number of hydrogen-bond donors (Lipinski definition) is 2. The Morgan fingerprint density at radius 3 is 2.03 bits per heavy atom. The van der Waals surface area contributed by atoms with Gasteiger partial charge in [-0.1, -0.05) is 158 Å². The third kappa shape index (κ3) is 13.0. The lowest BCUT2D eigenvalue weighted by molar-refractivity contribution is -0.276. The van der Waals surface area contributed by atoms with Crippen molar-refractivity contribution in [3.63, 3.8) is 0 Å². The maximum atomic E-state index is 13.1. The molecule has 0 bridgehead atoms. The molecular formula is C51H66N4O4. The highest BCUT2D eigenvalue weighted by Gasteiger charge is 2.39. The highest BCUT2D eigenvalue weighted by Crippen LogP contribution is 2.42. The van der Waals surface area contributed by atoms with Gasteiger partial charge in [-0.2, -0.15) is 0 Å². The van der Waals surface area contributed by atoms with Crippen molar-refractivity contribution in [3.8, 4) is 11.1 Å². The summed E-state index contributed by atoms with van der Waals surface area (Å²) in [5, 5.41) is 12.8. The summed E-state index contributed by atoms with van der Waals surface area (Å²) in [6.45, 7) is 10.3. The summed E-state index contributed by atoms with van der Waals surface area (Å²) in [6.07, 6.45) is 16.2. The first kappa shape index (κ1) is 44.1. The van der Waals surface area contributed by atoms with Crippen LogP contribution in [-0.4, -0.2) is 51.6 Å². The van der Waals surface area contributed by atoms with Gasteiger partial charge >= 0.3 is 0 Å². The van der Waals surface area contributed by atoms with Crippen molar-refractivity contribution in [1.29, 1.82) is 0 Å². The van der Waals surface area contributed by atoms with Crippen LogP contribution in [0.25, 0.3) is 22.2 Å². The molecule has 2 N–H and O–H groups in total. The molecule has 1 aromatic heterocycles. The lowest BCUT2D eigenvalue weighted by atomic mass is 9.89. The first-order valence-electron chi connectivity index (χ1n) is 22.4. The number of aromatic nitrogens is 2. The van der Waals surface area contributed by atoms with E-state index < -0.39 is 6.29 Å². The molecule has 314 valence electrons. The number of carbonyl (C=O) groups is 1. The Kier molecular flexibility index (Phi) is 17.5. The van der Waals surface area contributed by atoms with Crippen molar-refractivity contribution in [2.75, 3.05) is 19.6 Å². The van der Waals surface area contributed by atoms with E-state index in [0.29, 0.717) is 17.8 Å². The molecule has 0 spiro atoms. The molecule has 1 aliphatic heterocycles. The Hall–Kier alpha value is -4.47. The maximum Gasteiger partial charge on any atom is 0.271 e. The minimum atomic E-state index is -0.547. The number of benzene rings is 4. The van der Waals surface area contributed by atoms with E-state index in [4.69, 9.17) is 9.47 Å². The largest absolute Gasteiger partial charge is 0.392 e. The Balaban J connectivity index is 1.18. The van der Waals surface area contributed by atoms with E-state index in [2.05, 4.69) is 89.5 Å². The molecule has 0 saturated carbocycles. The summed E-state index contributed by atoms with van der Waals surface area (Å²) in [5.74, 6) is -0.136. The lowest BCUT2D eigenvalue weighted by Crippen LogP contribution is -2.45. The second-order valence-corrected chi connectivity index (χ2v) is 16.4. The van der Waals surface area contributed by atoms with E-state index in [1.54, 1.807) is 0 Å². The average Bonchev–Trinajstić information content (AvgIpc) is 3.28. The first-order valence-corrected chi connectivity index (χ1v) is 22.4. The Morgan fingerprint density at radius 1 is 0.695 bits per heavy atom. The number of ether oxygens (including phenoxy) is 2. The standard InChI is InChI=1S/C51H66N4O4/c1-4-6-8-10-12-16-30-55(31-17-13-11-9-7-5-2)36-48-38(3)49(41-28-26-39(37-56)27-29-41)59-51(58-48)44-23-19-22-43(33-44)42-21-18-20-40(32-42)34-53-50(57)47-35-52-45-24-14-15-25-46(45)54-47/h14-15,18-29,32-33,35,38,48-49,51,56H,4-13,16-17,30-31,34,36-37H2,1-3H3,(H,53,57)/t38-,48+,49+,51+/m1/s1. The third-order valence-electron chi connectivity index (χ3n) is 11.8. The number of nitrogens with one attached hydrogen (secondary N) is 1. The molecule has 1 amide bonds. The van der Waals surface area contributed by atoms with Crippen molar-refractivity contribution >= 4 is 16.9 Å². The predicted molar refractivity (Wildman–Crippen MR) is 239 cm³/mol. The predicted octanol–water partition coefficient (Wildman–Crippen LogP) is 11.5. The second-order valence-electron chi connectivity index (χ2n) is 16.4. The van der Waals surface area contributed by atoms with Gasteiger partial charge in [0.15, 0.2) is 6.29 Å². The number of rotatable bonds is 23. The van der Waals surface area contributed by atoms with Crippen LogP contribution in [0, 0.1) is 5.92 Å². The average molecular weight is 799 g/mol. The van der Waals surface area contributed by atoms with Crippen LogP contribution in [0.2, 0.25) is 0 Å². The fraction of sp³-hybridized carbons (Fsp3) is 0.471. The number of para-hydroxylation sites is 2. The monoisotopic (exact) mass is 799 g/mol. The molecule has 8 heteroatoms. The van der Waals surface area contributed by atoms with Gasteiger partial charge in [0.2, 0.25) is 0 Å². The second kappa shape index (κ2) is 23.4. The number of aliphatic hydroxyl groups excluding tert-OH is 1. The lowest BCUT2D eigenvalue weighted by Gasteiger charge is -2.43. The highest BCUT2D eigenvalue weighted by molar-refractivity contribution is 5.93. The Morgan fingerprint density at radius 2 is 1.34 bits per heavy atom. The molecule has 1 fully saturated rings. The van der Waals surface area contributed by atoms with E-state index in [-0.39, 0.29) is 30.6 Å². The van der Waals surface area contributed by atoms with Gasteiger partial charge < -0.3 is 24.8 Å². The van der Waals surface area contributed by atoms with E-state index in [1.165, 1.54) is 83.2 Å². The fourth-order valence-electron chi connectivity index (χ4n) is 8.17. The van der Waals surface area contributed by atoms with E-state index >= 15 is 0 Å². The van der Waals surface area contributed by atoms with Crippen LogP contribution in [0.4, 0.5) is 0 Å². The van der Waals surface area contributed by atoms with E-state index in [0.717, 1.165) is 58.5 Å². The number of amides is 1. The van der Waals surface area contributed by atoms with Gasteiger partial charge in [-0.05, 0) is 78.0 Å². The van der Waals surface area contributed by atoms with Crippen molar-refractivity contribution < 1.29 is 19.4 Å². The summed E-state index contributed by atoms with van der Waals surface area (Å²) in [7, 11) is 0. The van der Waals surface area contributed by atoms with Gasteiger partial charge in [-0.25, -0.2) is 4.98 Å². The highest BCUT2D eigenvalue weighted by atomic mass is 16.7. The molecule has 59 heavy (non-hydrogen) atoms. The van der Waals surface area contributed by atoms with Gasteiger partial charge in [0, 0.05) is 24.6 Å². The molecule has 0 unspecified atom stereocenters. The van der Waals surface area contributed by atoms with E-state index in [1.807, 2.05) is 48.5 Å². The molecule has 5 aromatic rings. The van der Waals surface area contributed by atoms with Crippen molar-refractivity contribution in [3.05, 3.63) is 131 Å². The molecular weight excluding hydrogens is 733 g/mol. The molecule has 0 aliphatic carbocycles. The normalized spacial score (nSPS) is 18.1. The van der Waals surface area contributed by atoms with Crippen LogP contribution in [0.15, 0.2) is 103 Å². The summed E-state index contributed by atoms with van der Waals surface area (Å²) < 4.78 is 13.9. The molecule has 8 nitrogen and oxygen atoms in total. The molecule has 4 aromatic carbocycles. The summed E-state index contributed by atoms with van der Waals surface area (Å²) in [6, 6.07) is 32.5. The van der Waals surface area contributed by atoms with Gasteiger partial charge in [-0.3, -0.25) is 9.78 Å². The van der Waals surface area contributed by atoms with Crippen LogP contribution >= 0.6 is 0 Å². The van der Waals surface area contributed by atoms with Gasteiger partial charge in [0.05, 0.1) is 36.0 Å². The minimum Gasteiger partial charge on any atom is -0.392 e. The zero-order chi connectivity index (χ0) is 41.2. The zero-order valence-electron chi connectivity index (χ0n) is 35.7.